The van der Waals surface area contributed by atoms with Crippen LogP contribution >= 0.6 is 27.5 Å². The number of hydrogen-bond donors (Lipinski definition) is 1. The van der Waals surface area contributed by atoms with Crippen LogP contribution in [0.3, 0.4) is 0 Å². The summed E-state index contributed by atoms with van der Waals surface area (Å²) in [7, 11) is -3.98. The second-order valence-corrected chi connectivity index (χ2v) is 7.23. The zero-order valence-corrected chi connectivity index (χ0v) is 14.3. The van der Waals surface area contributed by atoms with Crippen LogP contribution in [0.1, 0.15) is 5.56 Å². The average Bonchev–Trinajstić information content (AvgIpc) is 2.48. The van der Waals surface area contributed by atoms with E-state index in [9.17, 15) is 8.42 Å². The Labute approximate surface area is 142 Å². The Balaban J connectivity index is 2.36. The molecule has 0 saturated carbocycles. The molecule has 0 radical (unpaired) electrons. The smallest absolute Gasteiger partial charge is 0.272 e. The molecule has 2 rings (SSSR count). The maximum atomic E-state index is 12.3. The van der Waals surface area contributed by atoms with E-state index >= 15 is 0 Å². The van der Waals surface area contributed by atoms with Crippen molar-refractivity contribution in [2.75, 3.05) is 4.72 Å². The SMILES string of the molecule is N#C/C(=C\c1ccccc1Cl)S(=O)(=O)Nc1ccc(Br)cc1. The Hall–Kier alpha value is -1.81. The van der Waals surface area contributed by atoms with Crippen molar-refractivity contribution >= 4 is 49.3 Å². The summed E-state index contributed by atoms with van der Waals surface area (Å²) in [5, 5.41) is 9.52. The summed E-state index contributed by atoms with van der Waals surface area (Å²) in [5.41, 5.74) is 0.824. The van der Waals surface area contributed by atoms with E-state index in [-0.39, 0.29) is 0 Å². The predicted octanol–water partition coefficient (Wildman–Crippen LogP) is 4.41. The molecule has 0 saturated heterocycles. The average molecular weight is 398 g/mol. The molecule has 0 aliphatic rings. The van der Waals surface area contributed by atoms with E-state index in [1.807, 2.05) is 0 Å². The standard InChI is InChI=1S/C15H10BrClN2O2S/c16-12-5-7-13(8-6-12)19-22(20,21)14(10-18)9-11-3-1-2-4-15(11)17/h1-9,19H/b14-9+. The number of sulfonamides is 1. The summed E-state index contributed by atoms with van der Waals surface area (Å²) in [6.45, 7) is 0. The Kier molecular flexibility index (Phi) is 5.24. The highest BCUT2D eigenvalue weighted by Gasteiger charge is 2.18. The molecular formula is C15H10BrClN2O2S. The zero-order valence-electron chi connectivity index (χ0n) is 11.1. The minimum absolute atomic E-state index is 0.364. The summed E-state index contributed by atoms with van der Waals surface area (Å²) < 4.78 is 27.7. The van der Waals surface area contributed by atoms with E-state index in [4.69, 9.17) is 16.9 Å². The lowest BCUT2D eigenvalue weighted by Gasteiger charge is -2.07. The molecule has 2 aromatic rings. The first-order chi connectivity index (χ1) is 10.4. The molecule has 4 nitrogen and oxygen atoms in total. The molecule has 1 N–H and O–H groups in total. The lowest BCUT2D eigenvalue weighted by Crippen LogP contribution is -2.14. The van der Waals surface area contributed by atoms with Gasteiger partial charge in [0.25, 0.3) is 10.0 Å². The fourth-order valence-corrected chi connectivity index (χ4v) is 3.04. The summed E-state index contributed by atoms with van der Waals surface area (Å²) >= 11 is 9.24. The van der Waals surface area contributed by atoms with Crippen LogP contribution < -0.4 is 4.72 Å². The normalized spacial score (nSPS) is 11.8. The summed E-state index contributed by atoms with van der Waals surface area (Å²) in [6, 6.07) is 15.0. The van der Waals surface area contributed by atoms with Gasteiger partial charge in [-0.2, -0.15) is 5.26 Å². The molecule has 0 heterocycles. The van der Waals surface area contributed by atoms with Crippen LogP contribution in [0.4, 0.5) is 5.69 Å². The fraction of sp³-hybridized carbons (Fsp3) is 0. The van der Waals surface area contributed by atoms with Gasteiger partial charge >= 0.3 is 0 Å². The van der Waals surface area contributed by atoms with Gasteiger partial charge in [-0.3, -0.25) is 4.72 Å². The number of rotatable bonds is 4. The monoisotopic (exact) mass is 396 g/mol. The fourth-order valence-electron chi connectivity index (χ4n) is 1.63. The third kappa shape index (κ3) is 4.10. The van der Waals surface area contributed by atoms with Crippen LogP contribution in [-0.4, -0.2) is 8.42 Å². The van der Waals surface area contributed by atoms with Crippen molar-refractivity contribution in [2.24, 2.45) is 0 Å². The second-order valence-electron chi connectivity index (χ2n) is 4.25. The van der Waals surface area contributed by atoms with Crippen LogP contribution in [-0.2, 0) is 10.0 Å². The van der Waals surface area contributed by atoms with Crippen LogP contribution in [0, 0.1) is 11.3 Å². The molecule has 0 atom stereocenters. The third-order valence-electron chi connectivity index (χ3n) is 2.69. The second kappa shape index (κ2) is 6.97. The molecule has 112 valence electrons. The highest BCUT2D eigenvalue weighted by atomic mass is 79.9. The van der Waals surface area contributed by atoms with Gasteiger partial charge in [-0.25, -0.2) is 8.42 Å². The summed E-state index contributed by atoms with van der Waals surface area (Å²) in [6.07, 6.45) is 1.24. The van der Waals surface area contributed by atoms with Crippen molar-refractivity contribution in [2.45, 2.75) is 0 Å². The number of anilines is 1. The number of allylic oxidation sites excluding steroid dienone is 1. The Bertz CT molecular complexity index is 856. The number of benzene rings is 2. The van der Waals surface area contributed by atoms with Gasteiger partial charge in [-0.1, -0.05) is 45.7 Å². The molecule has 0 aromatic heterocycles. The molecule has 22 heavy (non-hydrogen) atoms. The first-order valence-electron chi connectivity index (χ1n) is 6.07. The predicted molar refractivity (Wildman–Crippen MR) is 91.7 cm³/mol. The van der Waals surface area contributed by atoms with Crippen LogP contribution in [0.25, 0.3) is 6.08 Å². The Morgan fingerprint density at radius 2 is 1.82 bits per heavy atom. The topological polar surface area (TPSA) is 70.0 Å². The van der Waals surface area contributed by atoms with E-state index < -0.39 is 14.9 Å². The minimum atomic E-state index is -3.98. The number of nitrogens with zero attached hydrogens (tertiary/aromatic N) is 1. The van der Waals surface area contributed by atoms with Gasteiger partial charge in [0.15, 0.2) is 4.91 Å². The van der Waals surface area contributed by atoms with E-state index in [0.29, 0.717) is 16.3 Å². The molecule has 0 amide bonds. The van der Waals surface area contributed by atoms with E-state index in [2.05, 4.69) is 20.7 Å². The minimum Gasteiger partial charge on any atom is -0.279 e. The molecule has 0 unspecified atom stereocenters. The summed E-state index contributed by atoms with van der Waals surface area (Å²) in [4.78, 5) is -0.413. The summed E-state index contributed by atoms with van der Waals surface area (Å²) in [5.74, 6) is 0. The molecule has 0 spiro atoms. The number of nitrogens with one attached hydrogen (secondary N) is 1. The molecule has 7 heteroatoms. The van der Waals surface area contributed by atoms with Crippen molar-refractivity contribution in [3.05, 3.63) is 68.5 Å². The van der Waals surface area contributed by atoms with Crippen LogP contribution in [0.2, 0.25) is 5.02 Å². The molecule has 0 fully saturated rings. The number of hydrogen-bond acceptors (Lipinski definition) is 3. The van der Waals surface area contributed by atoms with Crippen molar-refractivity contribution in [1.82, 2.24) is 0 Å². The molecule has 0 aliphatic carbocycles. The highest BCUT2D eigenvalue weighted by Crippen LogP contribution is 2.22. The van der Waals surface area contributed by atoms with Gasteiger partial charge in [0, 0.05) is 15.2 Å². The van der Waals surface area contributed by atoms with Crippen molar-refractivity contribution in [3.63, 3.8) is 0 Å². The maximum absolute atomic E-state index is 12.3. The van der Waals surface area contributed by atoms with Crippen LogP contribution in [0.15, 0.2) is 57.9 Å². The quantitative estimate of drug-likeness (QED) is 0.777. The van der Waals surface area contributed by atoms with Crippen molar-refractivity contribution in [3.8, 4) is 6.07 Å². The molecular weight excluding hydrogens is 388 g/mol. The van der Waals surface area contributed by atoms with Gasteiger partial charge in [0.1, 0.15) is 6.07 Å². The number of nitriles is 1. The van der Waals surface area contributed by atoms with Gasteiger partial charge in [0.2, 0.25) is 0 Å². The largest absolute Gasteiger partial charge is 0.279 e. The van der Waals surface area contributed by atoms with Gasteiger partial charge in [0.05, 0.1) is 0 Å². The third-order valence-corrected chi connectivity index (χ3v) is 4.85. The van der Waals surface area contributed by atoms with E-state index in [1.54, 1.807) is 54.6 Å². The first kappa shape index (κ1) is 16.6. The lowest BCUT2D eigenvalue weighted by atomic mass is 10.2. The van der Waals surface area contributed by atoms with Gasteiger partial charge in [-0.05, 0) is 42.0 Å². The van der Waals surface area contributed by atoms with Crippen molar-refractivity contribution in [1.29, 1.82) is 5.26 Å². The van der Waals surface area contributed by atoms with Gasteiger partial charge < -0.3 is 0 Å². The molecule has 0 bridgehead atoms. The molecule has 0 aliphatic heterocycles. The first-order valence-corrected chi connectivity index (χ1v) is 8.72. The van der Waals surface area contributed by atoms with Gasteiger partial charge in [-0.15, -0.1) is 0 Å². The maximum Gasteiger partial charge on any atom is 0.272 e. The van der Waals surface area contributed by atoms with Crippen molar-refractivity contribution < 1.29 is 8.42 Å². The zero-order chi connectivity index (χ0) is 16.2. The molecule has 2 aromatic carbocycles. The Morgan fingerprint density at radius 3 is 2.41 bits per heavy atom. The highest BCUT2D eigenvalue weighted by molar-refractivity contribution is 9.10. The van der Waals surface area contributed by atoms with E-state index in [1.165, 1.54) is 6.08 Å². The van der Waals surface area contributed by atoms with E-state index in [0.717, 1.165) is 4.47 Å². The van der Waals surface area contributed by atoms with Crippen LogP contribution in [0.5, 0.6) is 0 Å². The number of halogens is 2. The Morgan fingerprint density at radius 1 is 1.18 bits per heavy atom. The lowest BCUT2D eigenvalue weighted by molar-refractivity contribution is 0.608.